The molecule has 0 heterocycles. The number of carbonyl (C=O) groups excluding carboxylic acids is 1. The number of anilines is 2. The molecule has 4 rings (SSSR count). The van der Waals surface area contributed by atoms with E-state index in [1.807, 2.05) is 30.3 Å². The van der Waals surface area contributed by atoms with Gasteiger partial charge in [0.2, 0.25) is 0 Å². The number of nitrogens with zero attached hydrogens (tertiary/aromatic N) is 4. The fourth-order valence-electron chi connectivity index (χ4n) is 3.40. The Hall–Kier alpha value is -5.14. The van der Waals surface area contributed by atoms with E-state index in [9.17, 15) is 17.8 Å². The summed E-state index contributed by atoms with van der Waals surface area (Å²) >= 11 is 0. The third-order valence-electron chi connectivity index (χ3n) is 5.30. The van der Waals surface area contributed by atoms with E-state index in [1.165, 1.54) is 38.5 Å². The third-order valence-corrected chi connectivity index (χ3v) is 6.15. The summed E-state index contributed by atoms with van der Waals surface area (Å²) in [5, 5.41) is 21.9. The van der Waals surface area contributed by atoms with Crippen LogP contribution in [-0.4, -0.2) is 33.2 Å². The van der Waals surface area contributed by atoms with Gasteiger partial charge in [-0.15, -0.1) is 0 Å². The monoisotopic (exact) mass is 560 g/mol. The Kier molecular flexibility index (Phi) is 8.79. The van der Waals surface area contributed by atoms with Gasteiger partial charge in [0, 0.05) is 12.1 Å². The molecule has 40 heavy (non-hydrogen) atoms. The molecule has 0 bridgehead atoms. The summed E-state index contributed by atoms with van der Waals surface area (Å²) in [4.78, 5) is 12.4. The van der Waals surface area contributed by atoms with Crippen LogP contribution in [-0.2, 0) is 10.1 Å². The summed E-state index contributed by atoms with van der Waals surface area (Å²) in [7, 11) is -1.45. The van der Waals surface area contributed by atoms with E-state index in [2.05, 4.69) is 31.1 Å². The van der Waals surface area contributed by atoms with Crippen molar-refractivity contribution in [2.75, 3.05) is 24.9 Å². The second-order valence-corrected chi connectivity index (χ2v) is 9.48. The van der Waals surface area contributed by atoms with Gasteiger partial charge in [-0.05, 0) is 54.6 Å². The number of hydrogen-bond acceptors (Lipinski definition) is 9. The molecule has 13 heteroatoms. The minimum absolute atomic E-state index is 0.220. The Morgan fingerprint density at radius 1 is 0.650 bits per heavy atom. The molecule has 0 saturated carbocycles. The number of rotatable bonds is 9. The number of ether oxygens (including phenoxy) is 2. The topological polar surface area (TPSA) is 163 Å². The number of amides is 2. The molecule has 0 aliphatic carbocycles. The van der Waals surface area contributed by atoms with Crippen LogP contribution >= 0.6 is 0 Å². The molecule has 0 aromatic heterocycles. The van der Waals surface area contributed by atoms with Gasteiger partial charge in [0.05, 0.1) is 53.2 Å². The highest BCUT2D eigenvalue weighted by atomic mass is 32.2. The van der Waals surface area contributed by atoms with Gasteiger partial charge in [0.25, 0.3) is 10.1 Å². The van der Waals surface area contributed by atoms with Crippen molar-refractivity contribution in [3.05, 3.63) is 91.0 Å². The first-order valence-corrected chi connectivity index (χ1v) is 13.1. The smallest absolute Gasteiger partial charge is 0.323 e. The molecule has 0 atom stereocenters. The van der Waals surface area contributed by atoms with Gasteiger partial charge in [0.1, 0.15) is 11.5 Å². The number of urea groups is 1. The summed E-state index contributed by atoms with van der Waals surface area (Å²) in [5.74, 6) is 0.697. The van der Waals surface area contributed by atoms with Crippen molar-refractivity contribution in [1.82, 2.24) is 0 Å². The lowest BCUT2D eigenvalue weighted by molar-refractivity contribution is 0.262. The van der Waals surface area contributed by atoms with Crippen LogP contribution in [0.5, 0.6) is 11.5 Å². The Labute approximate surface area is 230 Å². The van der Waals surface area contributed by atoms with Gasteiger partial charge in [-0.3, -0.25) is 4.55 Å². The SMILES string of the molecule is COc1cc(/N=N/c2ccccc2)ccc1NC(=O)Nc1ccc(/N=N/c2cccc(S(=O)(=O)O)c2)cc1OC. The maximum Gasteiger partial charge on any atom is 0.323 e. The number of carbonyl (C=O) groups is 1. The highest BCUT2D eigenvalue weighted by Gasteiger charge is 2.13. The van der Waals surface area contributed by atoms with E-state index in [0.717, 1.165) is 0 Å². The number of hydrogen-bond donors (Lipinski definition) is 3. The Balaban J connectivity index is 1.44. The molecular formula is C27H24N6O6S. The second kappa shape index (κ2) is 12.6. The maximum atomic E-state index is 12.7. The summed E-state index contributed by atoms with van der Waals surface area (Å²) in [6.45, 7) is 0. The molecule has 4 aromatic rings. The number of nitrogens with one attached hydrogen (secondary N) is 2. The minimum Gasteiger partial charge on any atom is -0.494 e. The van der Waals surface area contributed by atoms with Crippen molar-refractivity contribution in [3.63, 3.8) is 0 Å². The summed E-state index contributed by atoms with van der Waals surface area (Å²) in [6.07, 6.45) is 0. The number of methoxy groups -OCH3 is 2. The molecule has 204 valence electrons. The Bertz CT molecular complexity index is 1680. The van der Waals surface area contributed by atoms with Gasteiger partial charge in [0.15, 0.2) is 0 Å². The molecule has 0 radical (unpaired) electrons. The summed E-state index contributed by atoms with van der Waals surface area (Å²) in [5.41, 5.74) is 2.62. The largest absolute Gasteiger partial charge is 0.494 e. The minimum atomic E-state index is -4.36. The maximum absolute atomic E-state index is 12.7. The van der Waals surface area contributed by atoms with E-state index in [-0.39, 0.29) is 10.6 Å². The molecule has 3 N–H and O–H groups in total. The lowest BCUT2D eigenvalue weighted by Gasteiger charge is -2.13. The first-order valence-electron chi connectivity index (χ1n) is 11.7. The molecule has 0 fully saturated rings. The second-order valence-electron chi connectivity index (χ2n) is 8.06. The first-order chi connectivity index (χ1) is 19.2. The quantitative estimate of drug-likeness (QED) is 0.142. The first kappa shape index (κ1) is 27.9. The molecular weight excluding hydrogens is 536 g/mol. The lowest BCUT2D eigenvalue weighted by atomic mass is 10.2. The molecule has 2 amide bonds. The zero-order valence-electron chi connectivity index (χ0n) is 21.3. The number of benzene rings is 4. The van der Waals surface area contributed by atoms with E-state index in [1.54, 1.807) is 36.4 Å². The van der Waals surface area contributed by atoms with E-state index in [0.29, 0.717) is 39.9 Å². The van der Waals surface area contributed by atoms with Gasteiger partial charge in [-0.2, -0.15) is 28.9 Å². The molecule has 4 aromatic carbocycles. The van der Waals surface area contributed by atoms with Crippen LogP contribution in [0.3, 0.4) is 0 Å². The molecule has 0 aliphatic rings. The van der Waals surface area contributed by atoms with E-state index in [4.69, 9.17) is 9.47 Å². The van der Waals surface area contributed by atoms with Crippen molar-refractivity contribution in [2.24, 2.45) is 20.5 Å². The van der Waals surface area contributed by atoms with Crippen LogP contribution in [0.25, 0.3) is 0 Å². The molecule has 12 nitrogen and oxygen atoms in total. The van der Waals surface area contributed by atoms with Gasteiger partial charge in [-0.1, -0.05) is 24.3 Å². The standard InChI is InChI=1S/C27H24N6O6S/c1-38-25-16-20(32-30-18-7-4-3-5-8-18)11-13-23(25)28-27(34)29-24-14-12-21(17-26(24)39-2)33-31-19-9-6-10-22(15-19)40(35,36)37/h3-17H,1-2H3,(H2,28,29,34)(H,35,36,37)/b32-30+,33-31+. The predicted octanol–water partition coefficient (Wildman–Crippen LogP) is 7.43. The van der Waals surface area contributed by atoms with E-state index < -0.39 is 16.1 Å². The normalized spacial score (nSPS) is 11.5. The highest BCUT2D eigenvalue weighted by Crippen LogP contribution is 2.33. The Morgan fingerprint density at radius 3 is 1.62 bits per heavy atom. The summed E-state index contributed by atoms with van der Waals surface area (Å²) in [6, 6.07) is 23.8. The van der Waals surface area contributed by atoms with Gasteiger partial charge in [-0.25, -0.2) is 4.79 Å². The molecule has 0 aliphatic heterocycles. The van der Waals surface area contributed by atoms with Crippen LogP contribution in [0, 0.1) is 0 Å². The van der Waals surface area contributed by atoms with Gasteiger partial charge >= 0.3 is 6.03 Å². The van der Waals surface area contributed by atoms with Crippen molar-refractivity contribution in [3.8, 4) is 11.5 Å². The predicted molar refractivity (Wildman–Crippen MR) is 150 cm³/mol. The Morgan fingerprint density at radius 2 is 1.12 bits per heavy atom. The van der Waals surface area contributed by atoms with Crippen LogP contribution in [0.4, 0.5) is 38.9 Å². The fourth-order valence-corrected chi connectivity index (χ4v) is 3.92. The highest BCUT2D eigenvalue weighted by molar-refractivity contribution is 7.85. The lowest BCUT2D eigenvalue weighted by Crippen LogP contribution is -2.20. The average molecular weight is 561 g/mol. The van der Waals surface area contributed by atoms with Crippen molar-refractivity contribution >= 4 is 50.3 Å². The van der Waals surface area contributed by atoms with Crippen molar-refractivity contribution in [1.29, 1.82) is 0 Å². The third kappa shape index (κ3) is 7.46. The van der Waals surface area contributed by atoms with Crippen LogP contribution in [0.1, 0.15) is 0 Å². The summed E-state index contributed by atoms with van der Waals surface area (Å²) < 4.78 is 42.6. The average Bonchev–Trinajstić information content (AvgIpc) is 2.96. The zero-order chi connectivity index (χ0) is 28.5. The van der Waals surface area contributed by atoms with Crippen LogP contribution in [0.2, 0.25) is 0 Å². The van der Waals surface area contributed by atoms with E-state index >= 15 is 0 Å². The zero-order valence-corrected chi connectivity index (χ0v) is 22.2. The number of azo groups is 2. The van der Waals surface area contributed by atoms with Gasteiger partial charge < -0.3 is 20.1 Å². The van der Waals surface area contributed by atoms with Crippen molar-refractivity contribution < 1.29 is 27.2 Å². The van der Waals surface area contributed by atoms with Crippen molar-refractivity contribution in [2.45, 2.75) is 4.90 Å². The molecule has 0 unspecified atom stereocenters. The fraction of sp³-hybridized carbons (Fsp3) is 0.0741. The van der Waals surface area contributed by atoms with Crippen LogP contribution < -0.4 is 20.1 Å². The van der Waals surface area contributed by atoms with Crippen LogP contribution in [0.15, 0.2) is 116 Å². The molecule has 0 saturated heterocycles. The molecule has 0 spiro atoms.